The summed E-state index contributed by atoms with van der Waals surface area (Å²) in [5, 5.41) is 0. The molecular formula is C10H20FN. The van der Waals surface area contributed by atoms with Crippen LogP contribution in [0.5, 0.6) is 0 Å². The molecule has 0 spiro atoms. The maximum atomic E-state index is 2.73. The van der Waals surface area contributed by atoms with Crippen LogP contribution in [0.2, 0.25) is 0 Å². The first kappa shape index (κ1) is 9.97. The molecule has 0 amide bonds. The highest BCUT2D eigenvalue weighted by Crippen LogP contribution is 2.43. The summed E-state index contributed by atoms with van der Waals surface area (Å²) in [6, 6.07) is 0. The van der Waals surface area contributed by atoms with E-state index < -0.39 is 0 Å². The lowest BCUT2D eigenvalue weighted by atomic mass is 9.83. The Hall–Kier alpha value is -0.110. The molecule has 2 heterocycles. The first-order valence-electron chi connectivity index (χ1n) is 5.01. The van der Waals surface area contributed by atoms with Crippen molar-refractivity contribution in [3.8, 4) is 0 Å². The summed E-state index contributed by atoms with van der Waals surface area (Å²) in [5.74, 6) is 0.868. The van der Waals surface area contributed by atoms with Crippen LogP contribution >= 0.6 is 0 Å². The molecular weight excluding hydrogens is 153 g/mol. The molecule has 0 aromatic heterocycles. The van der Waals surface area contributed by atoms with Gasteiger partial charge in [-0.1, -0.05) is 13.8 Å². The van der Waals surface area contributed by atoms with Crippen LogP contribution in [-0.2, 0) is 0 Å². The van der Waals surface area contributed by atoms with Crippen molar-refractivity contribution in [3.63, 3.8) is 0 Å². The number of hydrogen-bond acceptors (Lipinski definition) is 1. The molecule has 72 valence electrons. The molecule has 2 aliphatic rings. The van der Waals surface area contributed by atoms with Gasteiger partial charge in [-0.25, -0.2) is 0 Å². The maximum absolute atomic E-state index is 2.73. The molecule has 0 atom stereocenters. The number of nitrogens with zero attached hydrogens (tertiary/aromatic N) is 1. The summed E-state index contributed by atoms with van der Waals surface area (Å²) in [6.45, 7) is 7.53. The second-order valence-electron chi connectivity index (χ2n) is 4.45. The fourth-order valence-corrected chi connectivity index (χ4v) is 3.09. The van der Waals surface area contributed by atoms with Crippen molar-refractivity contribution >= 4 is 0 Å². The summed E-state index contributed by atoms with van der Waals surface area (Å²) in [5.41, 5.74) is 0.639. The van der Waals surface area contributed by atoms with Gasteiger partial charge in [0.25, 0.3) is 0 Å². The third-order valence-electron chi connectivity index (χ3n) is 3.78. The fourth-order valence-electron chi connectivity index (χ4n) is 3.09. The number of fused-ring (bicyclic) bond motifs is 1. The second kappa shape index (κ2) is 3.33. The largest absolute Gasteiger partial charge is 0.297 e. The molecule has 0 aromatic rings. The molecule has 2 fully saturated rings. The molecule has 2 saturated heterocycles. The normalized spacial score (nSPS) is 27.2. The smallest absolute Gasteiger partial charge is 0.0233 e. The van der Waals surface area contributed by atoms with E-state index in [0.29, 0.717) is 5.54 Å². The average Bonchev–Trinajstić information content (AvgIpc) is 2.40. The Labute approximate surface area is 74.5 Å². The number of halogens is 1. The van der Waals surface area contributed by atoms with Gasteiger partial charge in [-0.3, -0.25) is 9.60 Å². The predicted molar refractivity (Wildman–Crippen MR) is 50.1 cm³/mol. The van der Waals surface area contributed by atoms with E-state index in [-0.39, 0.29) is 4.70 Å². The van der Waals surface area contributed by atoms with Crippen molar-refractivity contribution in [2.24, 2.45) is 5.92 Å². The van der Waals surface area contributed by atoms with Crippen LogP contribution in [0.1, 0.15) is 39.5 Å². The van der Waals surface area contributed by atoms with Crippen molar-refractivity contribution in [2.75, 3.05) is 13.1 Å². The van der Waals surface area contributed by atoms with Crippen LogP contribution in [-0.4, -0.2) is 23.5 Å². The highest BCUT2D eigenvalue weighted by atomic mass is 19.0. The van der Waals surface area contributed by atoms with Gasteiger partial charge in [0, 0.05) is 5.54 Å². The highest BCUT2D eigenvalue weighted by Gasteiger charge is 2.45. The van der Waals surface area contributed by atoms with Crippen LogP contribution in [0.25, 0.3) is 0 Å². The lowest BCUT2D eigenvalue weighted by Crippen LogP contribution is -2.42. The summed E-state index contributed by atoms with van der Waals surface area (Å²) >= 11 is 0. The minimum absolute atomic E-state index is 0. The highest BCUT2D eigenvalue weighted by molar-refractivity contribution is 5.01. The molecule has 0 aromatic carbocycles. The van der Waals surface area contributed by atoms with E-state index in [4.69, 9.17) is 0 Å². The van der Waals surface area contributed by atoms with Crippen LogP contribution in [0, 0.1) is 5.92 Å². The Bertz CT molecular complexity index is 146. The number of rotatable bonds is 1. The van der Waals surface area contributed by atoms with E-state index in [0.717, 1.165) is 5.92 Å². The molecule has 0 saturated carbocycles. The van der Waals surface area contributed by atoms with E-state index in [1.807, 2.05) is 0 Å². The van der Waals surface area contributed by atoms with Crippen molar-refractivity contribution in [2.45, 2.75) is 45.1 Å². The van der Waals surface area contributed by atoms with Crippen molar-refractivity contribution in [1.82, 2.24) is 4.90 Å². The van der Waals surface area contributed by atoms with E-state index in [1.165, 1.54) is 38.8 Å². The molecule has 2 heteroatoms. The molecule has 2 aliphatic heterocycles. The first-order valence-corrected chi connectivity index (χ1v) is 5.01. The Morgan fingerprint density at radius 1 is 1.08 bits per heavy atom. The predicted octanol–water partition coefficient (Wildman–Crippen LogP) is 2.42. The van der Waals surface area contributed by atoms with Gasteiger partial charge in [0.15, 0.2) is 0 Å². The van der Waals surface area contributed by atoms with Crippen LogP contribution in [0.15, 0.2) is 0 Å². The Kier molecular flexibility index (Phi) is 2.77. The molecule has 0 bridgehead atoms. The zero-order chi connectivity index (χ0) is 7.90. The summed E-state index contributed by atoms with van der Waals surface area (Å²) in [7, 11) is 0. The van der Waals surface area contributed by atoms with Gasteiger partial charge in [0.2, 0.25) is 0 Å². The molecule has 12 heavy (non-hydrogen) atoms. The lowest BCUT2D eigenvalue weighted by molar-refractivity contribution is 0.136. The van der Waals surface area contributed by atoms with Gasteiger partial charge in [0.1, 0.15) is 0 Å². The molecule has 2 rings (SSSR count). The second-order valence-corrected chi connectivity index (χ2v) is 4.45. The fraction of sp³-hybridized carbons (Fsp3) is 1.00. The zero-order valence-corrected chi connectivity index (χ0v) is 8.18. The van der Waals surface area contributed by atoms with Crippen molar-refractivity contribution in [1.29, 1.82) is 0 Å². The van der Waals surface area contributed by atoms with Crippen LogP contribution in [0.3, 0.4) is 0 Å². The van der Waals surface area contributed by atoms with E-state index in [9.17, 15) is 0 Å². The minimum atomic E-state index is 0. The Morgan fingerprint density at radius 3 is 1.92 bits per heavy atom. The monoisotopic (exact) mass is 173 g/mol. The van der Waals surface area contributed by atoms with Gasteiger partial charge in [-0.05, 0) is 44.7 Å². The van der Waals surface area contributed by atoms with Gasteiger partial charge in [-0.2, -0.15) is 0 Å². The topological polar surface area (TPSA) is 3.24 Å². The van der Waals surface area contributed by atoms with Gasteiger partial charge in [-0.15, -0.1) is 0 Å². The quantitative estimate of drug-likeness (QED) is 0.588. The third-order valence-corrected chi connectivity index (χ3v) is 3.78. The van der Waals surface area contributed by atoms with E-state index in [1.54, 1.807) is 0 Å². The minimum Gasteiger partial charge on any atom is -0.297 e. The van der Waals surface area contributed by atoms with Gasteiger partial charge < -0.3 is 0 Å². The standard InChI is InChI=1S/C10H19N.FH/c1-9(2)10-5-3-7-11(10)8-4-6-10;/h9H,3-8H2,1-2H3;1H. The molecule has 0 aliphatic carbocycles. The van der Waals surface area contributed by atoms with E-state index >= 15 is 0 Å². The Balaban J connectivity index is 0.000000720. The number of hydrogen-bond donors (Lipinski definition) is 0. The lowest BCUT2D eigenvalue weighted by Gasteiger charge is -2.36. The maximum Gasteiger partial charge on any atom is 0.0233 e. The van der Waals surface area contributed by atoms with Gasteiger partial charge in [0.05, 0.1) is 0 Å². The molecule has 0 N–H and O–H groups in total. The summed E-state index contributed by atoms with van der Waals surface area (Å²) in [4.78, 5) is 2.73. The van der Waals surface area contributed by atoms with Crippen molar-refractivity contribution < 1.29 is 4.70 Å². The molecule has 0 radical (unpaired) electrons. The zero-order valence-electron chi connectivity index (χ0n) is 8.18. The summed E-state index contributed by atoms with van der Waals surface area (Å²) in [6.07, 6.45) is 5.81. The SMILES string of the molecule is CC(C)C12CCCN1CCC2.F. The summed E-state index contributed by atoms with van der Waals surface area (Å²) < 4.78 is 0. The third kappa shape index (κ3) is 1.17. The average molecular weight is 173 g/mol. The molecule has 0 unspecified atom stereocenters. The Morgan fingerprint density at radius 2 is 1.58 bits per heavy atom. The first-order chi connectivity index (χ1) is 5.26. The van der Waals surface area contributed by atoms with Crippen molar-refractivity contribution in [3.05, 3.63) is 0 Å². The van der Waals surface area contributed by atoms with Gasteiger partial charge >= 0.3 is 0 Å². The van der Waals surface area contributed by atoms with Crippen LogP contribution < -0.4 is 0 Å². The van der Waals surface area contributed by atoms with E-state index in [2.05, 4.69) is 18.7 Å². The van der Waals surface area contributed by atoms with Crippen LogP contribution in [0.4, 0.5) is 4.70 Å². The molecule has 1 nitrogen and oxygen atoms in total.